The Labute approximate surface area is 144 Å². The van der Waals surface area contributed by atoms with Crippen LogP contribution in [0, 0.1) is 5.82 Å². The number of rotatable bonds is 4. The maximum atomic E-state index is 13.0. The largest absolute Gasteiger partial charge is 0.337 e. The van der Waals surface area contributed by atoms with Crippen LogP contribution in [0.15, 0.2) is 29.4 Å². The second-order valence-corrected chi connectivity index (χ2v) is 7.21. The molecule has 2 amide bonds. The van der Waals surface area contributed by atoms with Crippen molar-refractivity contribution in [2.45, 2.75) is 31.8 Å². The zero-order valence-corrected chi connectivity index (χ0v) is 14.4. The third-order valence-corrected chi connectivity index (χ3v) is 5.52. The molecule has 0 bridgehead atoms. The van der Waals surface area contributed by atoms with Crippen molar-refractivity contribution in [1.82, 2.24) is 9.91 Å². The van der Waals surface area contributed by atoms with Gasteiger partial charge in [-0.15, -0.1) is 0 Å². The summed E-state index contributed by atoms with van der Waals surface area (Å²) in [6.07, 6.45) is 1.65. The maximum absolute atomic E-state index is 13.0. The maximum Gasteiger partial charge on any atom is 0.270 e. The first kappa shape index (κ1) is 17.0. The van der Waals surface area contributed by atoms with Crippen LogP contribution in [0.4, 0.5) is 4.39 Å². The van der Waals surface area contributed by atoms with Crippen molar-refractivity contribution in [3.63, 3.8) is 0 Å². The fraction of sp³-hybridized carbons (Fsp3) is 0.471. The lowest BCUT2D eigenvalue weighted by atomic mass is 10.1. The van der Waals surface area contributed by atoms with Crippen molar-refractivity contribution < 1.29 is 14.0 Å². The van der Waals surface area contributed by atoms with Gasteiger partial charge in [0.25, 0.3) is 5.91 Å². The third kappa shape index (κ3) is 3.77. The van der Waals surface area contributed by atoms with Crippen LogP contribution < -0.4 is 0 Å². The second kappa shape index (κ2) is 7.34. The second-order valence-electron chi connectivity index (χ2n) is 6.06. The first-order valence-corrected chi connectivity index (χ1v) is 9.17. The van der Waals surface area contributed by atoms with Gasteiger partial charge < -0.3 is 4.90 Å². The molecule has 1 fully saturated rings. The quantitative estimate of drug-likeness (QED) is 0.838. The van der Waals surface area contributed by atoms with E-state index in [1.54, 1.807) is 17.0 Å². The zero-order valence-electron chi connectivity index (χ0n) is 13.6. The van der Waals surface area contributed by atoms with Crippen molar-refractivity contribution in [3.8, 4) is 0 Å². The van der Waals surface area contributed by atoms with Crippen LogP contribution >= 0.6 is 11.8 Å². The number of hydrazone groups is 1. The van der Waals surface area contributed by atoms with E-state index in [1.807, 2.05) is 18.8 Å². The summed E-state index contributed by atoms with van der Waals surface area (Å²) in [4.78, 5) is 26.5. The number of benzene rings is 1. The van der Waals surface area contributed by atoms with Crippen LogP contribution in [0.3, 0.4) is 0 Å². The van der Waals surface area contributed by atoms with E-state index < -0.39 is 0 Å². The van der Waals surface area contributed by atoms with Crippen molar-refractivity contribution in [2.24, 2.45) is 5.10 Å². The molecule has 0 saturated carbocycles. The number of carbonyl (C=O) groups excluding carboxylic acids is 2. The van der Waals surface area contributed by atoms with Crippen molar-refractivity contribution in [3.05, 3.63) is 35.6 Å². The Morgan fingerprint density at radius 1 is 1.38 bits per heavy atom. The van der Waals surface area contributed by atoms with Crippen LogP contribution in [-0.4, -0.2) is 52.0 Å². The average Bonchev–Trinajstić information content (AvgIpc) is 3.12. The lowest BCUT2D eigenvalue weighted by molar-refractivity contribution is -0.132. The molecular formula is C17H20FN3O2S. The molecule has 0 spiro atoms. The molecule has 0 N–H and O–H groups in total. The summed E-state index contributed by atoms with van der Waals surface area (Å²) in [6.45, 7) is 0.249. The van der Waals surface area contributed by atoms with E-state index in [2.05, 4.69) is 5.10 Å². The normalized spacial score (nSPS) is 20.9. The molecule has 0 aromatic heterocycles. The lowest BCUT2D eigenvalue weighted by Gasteiger charge is -2.28. The van der Waals surface area contributed by atoms with E-state index in [4.69, 9.17) is 0 Å². The number of thioether (sulfide) groups is 1. The molecule has 24 heavy (non-hydrogen) atoms. The van der Waals surface area contributed by atoms with E-state index in [0.29, 0.717) is 12.1 Å². The summed E-state index contributed by atoms with van der Waals surface area (Å²) in [5.41, 5.74) is 1.21. The Kier molecular flexibility index (Phi) is 5.18. The standard InChI is InChI=1S/C17H20FN3O2S/c1-20(14-8-9-24-11-14)17(23)15-6-7-16(22)21(19-15)10-12-2-4-13(18)5-3-12/h2-5,14H,6-11H2,1H3/t14-/m0/s1. The van der Waals surface area contributed by atoms with Gasteiger partial charge in [-0.05, 0) is 29.9 Å². The number of carbonyl (C=O) groups is 2. The number of hydrogen-bond acceptors (Lipinski definition) is 4. The van der Waals surface area contributed by atoms with Crippen molar-refractivity contribution in [1.29, 1.82) is 0 Å². The molecule has 1 atom stereocenters. The SMILES string of the molecule is CN(C(=O)C1=NN(Cc2ccc(F)cc2)C(=O)CC1)[C@H]1CCSC1. The van der Waals surface area contributed by atoms with Crippen LogP contribution in [-0.2, 0) is 16.1 Å². The Balaban J connectivity index is 1.72. The Hall–Kier alpha value is -1.89. The van der Waals surface area contributed by atoms with Gasteiger partial charge in [0.15, 0.2) is 0 Å². The summed E-state index contributed by atoms with van der Waals surface area (Å²) >= 11 is 1.85. The Bertz CT molecular complexity index is 656. The molecule has 3 rings (SSSR count). The molecule has 7 heteroatoms. The highest BCUT2D eigenvalue weighted by atomic mass is 32.2. The lowest BCUT2D eigenvalue weighted by Crippen LogP contribution is -2.44. The number of nitrogens with zero attached hydrogens (tertiary/aromatic N) is 3. The van der Waals surface area contributed by atoms with Gasteiger partial charge in [-0.2, -0.15) is 16.9 Å². The van der Waals surface area contributed by atoms with E-state index in [1.165, 1.54) is 17.1 Å². The highest BCUT2D eigenvalue weighted by Gasteiger charge is 2.30. The van der Waals surface area contributed by atoms with Crippen LogP contribution in [0.5, 0.6) is 0 Å². The fourth-order valence-electron chi connectivity index (χ4n) is 2.84. The van der Waals surface area contributed by atoms with Crippen LogP contribution in [0.1, 0.15) is 24.8 Å². The van der Waals surface area contributed by atoms with Gasteiger partial charge in [0.05, 0.1) is 6.54 Å². The summed E-state index contributed by atoms with van der Waals surface area (Å²) in [5.74, 6) is 1.49. The smallest absolute Gasteiger partial charge is 0.270 e. The number of hydrogen-bond donors (Lipinski definition) is 0. The van der Waals surface area contributed by atoms with Crippen LogP contribution in [0.2, 0.25) is 0 Å². The van der Waals surface area contributed by atoms with Gasteiger partial charge >= 0.3 is 0 Å². The molecule has 0 unspecified atom stereocenters. The van der Waals surface area contributed by atoms with E-state index in [0.717, 1.165) is 23.5 Å². The summed E-state index contributed by atoms with van der Waals surface area (Å²) < 4.78 is 13.0. The summed E-state index contributed by atoms with van der Waals surface area (Å²) in [5, 5.41) is 5.60. The van der Waals surface area contributed by atoms with E-state index in [-0.39, 0.29) is 36.6 Å². The molecule has 2 heterocycles. The van der Waals surface area contributed by atoms with Gasteiger partial charge in [0, 0.05) is 31.7 Å². The Morgan fingerprint density at radius 2 is 2.12 bits per heavy atom. The first-order valence-electron chi connectivity index (χ1n) is 8.02. The molecule has 2 aliphatic rings. The van der Waals surface area contributed by atoms with E-state index in [9.17, 15) is 14.0 Å². The molecule has 1 saturated heterocycles. The Morgan fingerprint density at radius 3 is 2.79 bits per heavy atom. The average molecular weight is 349 g/mol. The van der Waals surface area contributed by atoms with E-state index >= 15 is 0 Å². The molecule has 2 aliphatic heterocycles. The van der Waals surface area contributed by atoms with Gasteiger partial charge in [0.2, 0.25) is 5.91 Å². The predicted octanol–water partition coefficient (Wildman–Crippen LogP) is 2.27. The van der Waals surface area contributed by atoms with Gasteiger partial charge in [-0.1, -0.05) is 12.1 Å². The van der Waals surface area contributed by atoms with Crippen molar-refractivity contribution >= 4 is 29.3 Å². The fourth-order valence-corrected chi connectivity index (χ4v) is 4.11. The zero-order chi connectivity index (χ0) is 17.1. The molecule has 0 aliphatic carbocycles. The summed E-state index contributed by atoms with van der Waals surface area (Å²) in [7, 11) is 1.81. The molecule has 1 aromatic carbocycles. The molecular weight excluding hydrogens is 329 g/mol. The van der Waals surface area contributed by atoms with Gasteiger partial charge in [0.1, 0.15) is 11.5 Å². The van der Waals surface area contributed by atoms with Gasteiger partial charge in [-0.25, -0.2) is 9.40 Å². The minimum atomic E-state index is -0.320. The number of halogens is 1. The molecule has 128 valence electrons. The predicted molar refractivity (Wildman–Crippen MR) is 92.1 cm³/mol. The molecule has 0 radical (unpaired) electrons. The minimum absolute atomic E-state index is 0.0980. The third-order valence-electron chi connectivity index (χ3n) is 4.37. The van der Waals surface area contributed by atoms with Gasteiger partial charge in [-0.3, -0.25) is 9.59 Å². The number of amides is 2. The molecule has 1 aromatic rings. The first-order chi connectivity index (χ1) is 11.5. The summed E-state index contributed by atoms with van der Waals surface area (Å²) in [6, 6.07) is 6.19. The van der Waals surface area contributed by atoms with Crippen LogP contribution in [0.25, 0.3) is 0 Å². The highest BCUT2D eigenvalue weighted by Crippen LogP contribution is 2.22. The molecule has 5 nitrogen and oxygen atoms in total. The minimum Gasteiger partial charge on any atom is -0.337 e. The monoisotopic (exact) mass is 349 g/mol. The van der Waals surface area contributed by atoms with Crippen molar-refractivity contribution in [2.75, 3.05) is 18.6 Å². The highest BCUT2D eigenvalue weighted by molar-refractivity contribution is 7.99. The topological polar surface area (TPSA) is 53.0 Å².